The molecule has 0 bridgehead atoms. The lowest BCUT2D eigenvalue weighted by atomic mass is 10.1. The lowest BCUT2D eigenvalue weighted by molar-refractivity contribution is 0.0955. The van der Waals surface area contributed by atoms with E-state index in [0.29, 0.717) is 5.56 Å². The Kier molecular flexibility index (Phi) is 5.23. The lowest BCUT2D eigenvalue weighted by Crippen LogP contribution is -2.17. The molecule has 0 saturated heterocycles. The molecule has 0 aliphatic rings. The van der Waals surface area contributed by atoms with Crippen molar-refractivity contribution in [3.63, 3.8) is 0 Å². The molecule has 152 valence electrons. The Morgan fingerprint density at radius 3 is 2.57 bits per heavy atom. The van der Waals surface area contributed by atoms with E-state index in [-0.39, 0.29) is 5.91 Å². The van der Waals surface area contributed by atoms with Crippen LogP contribution in [0.1, 0.15) is 38.4 Å². The maximum absolute atomic E-state index is 12.6. The van der Waals surface area contributed by atoms with Crippen LogP contribution in [-0.2, 0) is 13.6 Å². The number of aryl methyl sites for hydroxylation is 2. The molecule has 0 fully saturated rings. The first-order valence-electron chi connectivity index (χ1n) is 9.91. The fraction of sp³-hybridized carbons (Fsp3) is 0.208. The minimum absolute atomic E-state index is 0.234. The molecule has 0 atom stereocenters. The largest absolute Gasteiger partial charge is 0.340 e. The molecular weight excluding hydrogens is 374 g/mol. The number of fused-ring (bicyclic) bond motifs is 1. The molecule has 6 nitrogen and oxygen atoms in total. The number of hydrazone groups is 1. The van der Waals surface area contributed by atoms with Crippen LogP contribution >= 0.6 is 0 Å². The summed E-state index contributed by atoms with van der Waals surface area (Å²) < 4.78 is 4.06. The molecule has 2 heterocycles. The third-order valence-corrected chi connectivity index (χ3v) is 5.73. The number of carbonyl (C=O) groups is 1. The second-order valence-electron chi connectivity index (χ2n) is 7.52. The standard InChI is InChI=1S/C24H25N5O/c1-16-17(2)29(15-19-8-6-5-7-9-19)23-11-10-20(12-22(16)23)24(30)27-25-13-21-14-26-28(4)18(21)3/h5-14H,15H2,1-4H3,(H,27,30)/b25-13+. The number of hydrogen-bond acceptors (Lipinski definition) is 3. The van der Waals surface area contributed by atoms with Crippen LogP contribution in [0, 0.1) is 20.8 Å². The van der Waals surface area contributed by atoms with Gasteiger partial charge in [-0.1, -0.05) is 30.3 Å². The monoisotopic (exact) mass is 399 g/mol. The Morgan fingerprint density at radius 2 is 1.87 bits per heavy atom. The molecule has 1 N–H and O–H groups in total. The molecule has 6 heteroatoms. The van der Waals surface area contributed by atoms with Gasteiger partial charge in [0.1, 0.15) is 0 Å². The van der Waals surface area contributed by atoms with Gasteiger partial charge in [0.05, 0.1) is 12.4 Å². The maximum Gasteiger partial charge on any atom is 0.271 e. The first kappa shape index (κ1) is 19.6. The molecule has 4 rings (SSSR count). The first-order valence-corrected chi connectivity index (χ1v) is 9.91. The number of nitrogens with one attached hydrogen (secondary N) is 1. The number of hydrogen-bond donors (Lipinski definition) is 1. The summed E-state index contributed by atoms with van der Waals surface area (Å²) in [6.45, 7) is 6.98. The van der Waals surface area contributed by atoms with Crippen molar-refractivity contribution in [2.45, 2.75) is 27.3 Å². The highest BCUT2D eigenvalue weighted by molar-refractivity contribution is 5.99. The fourth-order valence-corrected chi connectivity index (χ4v) is 3.63. The van der Waals surface area contributed by atoms with E-state index in [4.69, 9.17) is 0 Å². The van der Waals surface area contributed by atoms with E-state index >= 15 is 0 Å². The molecule has 1 amide bonds. The number of benzene rings is 2. The highest BCUT2D eigenvalue weighted by Gasteiger charge is 2.14. The van der Waals surface area contributed by atoms with Gasteiger partial charge in [0.15, 0.2) is 0 Å². The molecule has 2 aromatic carbocycles. The van der Waals surface area contributed by atoms with Crippen LogP contribution in [0.4, 0.5) is 0 Å². The number of carbonyl (C=O) groups excluding carboxylic acids is 1. The van der Waals surface area contributed by atoms with Crippen LogP contribution in [0.3, 0.4) is 0 Å². The minimum Gasteiger partial charge on any atom is -0.340 e. The smallest absolute Gasteiger partial charge is 0.271 e. The Labute approximate surface area is 175 Å². The SMILES string of the molecule is Cc1c(C)n(Cc2ccccc2)c2ccc(C(=O)N/N=C/c3cnn(C)c3C)cc12. The number of rotatable bonds is 5. The summed E-state index contributed by atoms with van der Waals surface area (Å²) in [5.41, 5.74) is 9.83. The van der Waals surface area contributed by atoms with Crippen LogP contribution in [0.2, 0.25) is 0 Å². The Hall–Kier alpha value is -3.67. The number of aromatic nitrogens is 3. The Morgan fingerprint density at radius 1 is 1.10 bits per heavy atom. The van der Waals surface area contributed by atoms with Gasteiger partial charge < -0.3 is 4.57 Å². The average molecular weight is 399 g/mol. The summed E-state index contributed by atoms with van der Waals surface area (Å²) in [4.78, 5) is 12.6. The second-order valence-corrected chi connectivity index (χ2v) is 7.52. The van der Waals surface area contributed by atoms with E-state index in [1.165, 1.54) is 16.8 Å². The van der Waals surface area contributed by atoms with Crippen molar-refractivity contribution >= 4 is 23.0 Å². The summed E-state index contributed by atoms with van der Waals surface area (Å²) in [5, 5.41) is 9.34. The maximum atomic E-state index is 12.6. The van der Waals surface area contributed by atoms with Crippen LogP contribution in [0.15, 0.2) is 59.8 Å². The van der Waals surface area contributed by atoms with Gasteiger partial charge in [-0.25, -0.2) is 5.43 Å². The summed E-state index contributed by atoms with van der Waals surface area (Å²) in [6, 6.07) is 16.2. The molecular formula is C24H25N5O. The Balaban J connectivity index is 1.58. The molecule has 0 unspecified atom stereocenters. The van der Waals surface area contributed by atoms with Crippen molar-refractivity contribution in [2.75, 3.05) is 0 Å². The minimum atomic E-state index is -0.234. The van der Waals surface area contributed by atoms with Gasteiger partial charge in [-0.15, -0.1) is 0 Å². The quantitative estimate of drug-likeness (QED) is 0.405. The molecule has 0 aliphatic carbocycles. The second kappa shape index (κ2) is 7.99. The third kappa shape index (κ3) is 3.64. The predicted octanol–water partition coefficient (Wildman–Crippen LogP) is 4.11. The normalized spacial score (nSPS) is 11.5. The van der Waals surface area contributed by atoms with Gasteiger partial charge in [-0.2, -0.15) is 10.2 Å². The molecule has 0 spiro atoms. The molecule has 2 aromatic heterocycles. The van der Waals surface area contributed by atoms with E-state index in [9.17, 15) is 4.79 Å². The van der Waals surface area contributed by atoms with Crippen LogP contribution in [0.25, 0.3) is 10.9 Å². The molecule has 30 heavy (non-hydrogen) atoms. The summed E-state index contributed by atoms with van der Waals surface area (Å²) in [5.74, 6) is -0.234. The van der Waals surface area contributed by atoms with Gasteiger partial charge >= 0.3 is 0 Å². The van der Waals surface area contributed by atoms with Crippen molar-refractivity contribution in [1.29, 1.82) is 0 Å². The zero-order valence-electron chi connectivity index (χ0n) is 17.7. The highest BCUT2D eigenvalue weighted by Crippen LogP contribution is 2.27. The van der Waals surface area contributed by atoms with Gasteiger partial charge in [0.2, 0.25) is 0 Å². The van der Waals surface area contributed by atoms with E-state index in [1.54, 1.807) is 17.1 Å². The lowest BCUT2D eigenvalue weighted by Gasteiger charge is -2.09. The van der Waals surface area contributed by atoms with Crippen molar-refractivity contribution in [3.05, 3.63) is 88.4 Å². The first-order chi connectivity index (χ1) is 14.5. The zero-order chi connectivity index (χ0) is 21.3. The molecule has 0 aliphatic heterocycles. The van der Waals surface area contributed by atoms with Crippen LogP contribution in [-0.4, -0.2) is 26.5 Å². The molecule has 0 saturated carbocycles. The zero-order valence-corrected chi connectivity index (χ0v) is 17.7. The van der Waals surface area contributed by atoms with Crippen molar-refractivity contribution < 1.29 is 4.79 Å². The van der Waals surface area contributed by atoms with Gasteiger partial charge in [-0.05, 0) is 50.1 Å². The molecule has 4 aromatic rings. The van der Waals surface area contributed by atoms with Crippen molar-refractivity contribution in [2.24, 2.45) is 12.1 Å². The number of amides is 1. The molecule has 0 radical (unpaired) electrons. The third-order valence-electron chi connectivity index (χ3n) is 5.73. The van der Waals surface area contributed by atoms with E-state index in [0.717, 1.165) is 28.7 Å². The van der Waals surface area contributed by atoms with Crippen LogP contribution in [0.5, 0.6) is 0 Å². The summed E-state index contributed by atoms with van der Waals surface area (Å²) >= 11 is 0. The predicted molar refractivity (Wildman–Crippen MR) is 120 cm³/mol. The summed E-state index contributed by atoms with van der Waals surface area (Å²) in [7, 11) is 1.87. The van der Waals surface area contributed by atoms with E-state index in [2.05, 4.69) is 58.3 Å². The van der Waals surface area contributed by atoms with Gasteiger partial charge in [-0.3, -0.25) is 9.48 Å². The average Bonchev–Trinajstić information content (AvgIpc) is 3.20. The Bertz CT molecular complexity index is 1250. The van der Waals surface area contributed by atoms with E-state index < -0.39 is 0 Å². The topological polar surface area (TPSA) is 64.2 Å². The van der Waals surface area contributed by atoms with Gasteiger partial charge in [0.25, 0.3) is 5.91 Å². The van der Waals surface area contributed by atoms with Gasteiger partial charge in [0, 0.05) is 47.0 Å². The fourth-order valence-electron chi connectivity index (χ4n) is 3.63. The highest BCUT2D eigenvalue weighted by atomic mass is 16.2. The summed E-state index contributed by atoms with van der Waals surface area (Å²) in [6.07, 6.45) is 3.34. The van der Waals surface area contributed by atoms with Crippen molar-refractivity contribution in [3.8, 4) is 0 Å². The van der Waals surface area contributed by atoms with Crippen molar-refractivity contribution in [1.82, 2.24) is 19.8 Å². The van der Waals surface area contributed by atoms with E-state index in [1.807, 2.05) is 38.2 Å². The van der Waals surface area contributed by atoms with Crippen LogP contribution < -0.4 is 5.43 Å². The number of nitrogens with zero attached hydrogens (tertiary/aromatic N) is 4.